The highest BCUT2D eigenvalue weighted by molar-refractivity contribution is 5.40. The molecule has 1 saturated heterocycles. The van der Waals surface area contributed by atoms with Crippen molar-refractivity contribution >= 4 is 11.5 Å². The topological polar surface area (TPSA) is 110 Å². The Kier molecular flexibility index (Phi) is 3.94. The van der Waals surface area contributed by atoms with E-state index in [9.17, 15) is 9.59 Å². The van der Waals surface area contributed by atoms with Crippen molar-refractivity contribution in [3.8, 4) is 5.88 Å². The maximum Gasteiger partial charge on any atom is 0.329 e. The second kappa shape index (κ2) is 6.28. The Morgan fingerprint density at radius 3 is 2.65 bits per heavy atom. The molecular formula is C16H19N7O3. The zero-order valence-electron chi connectivity index (χ0n) is 14.5. The second-order valence-electron chi connectivity index (χ2n) is 6.32. The van der Waals surface area contributed by atoms with Crippen LogP contribution >= 0.6 is 0 Å². The van der Waals surface area contributed by atoms with Gasteiger partial charge in [-0.2, -0.15) is 4.52 Å². The predicted molar refractivity (Wildman–Crippen MR) is 93.8 cm³/mol. The number of hydrogen-bond acceptors (Lipinski definition) is 7. The molecule has 0 aromatic carbocycles. The average molecular weight is 357 g/mol. The van der Waals surface area contributed by atoms with Gasteiger partial charge in [-0.15, -0.1) is 15.3 Å². The molecule has 10 heteroatoms. The Labute approximate surface area is 148 Å². The predicted octanol–water partition coefficient (Wildman–Crippen LogP) is -0.0961. The summed E-state index contributed by atoms with van der Waals surface area (Å²) in [5.74, 6) is 2.06. The first-order valence-electron chi connectivity index (χ1n) is 8.38. The number of ether oxygens (including phenoxy) is 1. The number of aromatic amines is 1. The lowest BCUT2D eigenvalue weighted by atomic mass is 9.96. The van der Waals surface area contributed by atoms with Gasteiger partial charge in [-0.3, -0.25) is 14.3 Å². The van der Waals surface area contributed by atoms with Crippen LogP contribution < -0.4 is 20.9 Å². The molecule has 0 atom stereocenters. The summed E-state index contributed by atoms with van der Waals surface area (Å²) >= 11 is 0. The summed E-state index contributed by atoms with van der Waals surface area (Å²) in [6.07, 6.45) is 1.63. The molecule has 3 aromatic rings. The van der Waals surface area contributed by atoms with Crippen molar-refractivity contribution in [2.75, 3.05) is 25.1 Å². The van der Waals surface area contributed by atoms with Gasteiger partial charge in [0.05, 0.1) is 7.11 Å². The van der Waals surface area contributed by atoms with Crippen LogP contribution in [-0.2, 0) is 7.05 Å². The summed E-state index contributed by atoms with van der Waals surface area (Å²) in [6, 6.07) is 5.03. The second-order valence-corrected chi connectivity index (χ2v) is 6.32. The van der Waals surface area contributed by atoms with E-state index in [0.717, 1.165) is 23.2 Å². The van der Waals surface area contributed by atoms with E-state index in [0.29, 0.717) is 30.4 Å². The summed E-state index contributed by atoms with van der Waals surface area (Å²) in [5.41, 5.74) is -0.0425. The number of hydrogen-bond donors (Lipinski definition) is 1. The Morgan fingerprint density at radius 1 is 1.19 bits per heavy atom. The van der Waals surface area contributed by atoms with Crippen molar-refractivity contribution in [1.29, 1.82) is 0 Å². The van der Waals surface area contributed by atoms with Gasteiger partial charge >= 0.3 is 5.69 Å². The monoisotopic (exact) mass is 357 g/mol. The van der Waals surface area contributed by atoms with Crippen LogP contribution in [0.2, 0.25) is 0 Å². The largest absolute Gasteiger partial charge is 0.480 e. The van der Waals surface area contributed by atoms with Gasteiger partial charge in [0.2, 0.25) is 5.88 Å². The Morgan fingerprint density at radius 2 is 1.96 bits per heavy atom. The van der Waals surface area contributed by atoms with Crippen LogP contribution in [0.25, 0.3) is 5.65 Å². The molecule has 10 nitrogen and oxygen atoms in total. The van der Waals surface area contributed by atoms with E-state index in [-0.39, 0.29) is 11.5 Å². The van der Waals surface area contributed by atoms with Crippen LogP contribution in [0.3, 0.4) is 0 Å². The zero-order chi connectivity index (χ0) is 18.3. The third kappa shape index (κ3) is 2.72. The zero-order valence-corrected chi connectivity index (χ0v) is 14.5. The highest BCUT2D eigenvalue weighted by Crippen LogP contribution is 2.28. The molecule has 1 aliphatic heterocycles. The fourth-order valence-corrected chi connectivity index (χ4v) is 3.24. The van der Waals surface area contributed by atoms with Gasteiger partial charge in [0.1, 0.15) is 5.82 Å². The maximum absolute atomic E-state index is 11.8. The Hall–Kier alpha value is -3.17. The fourth-order valence-electron chi connectivity index (χ4n) is 3.24. The molecule has 0 unspecified atom stereocenters. The van der Waals surface area contributed by atoms with Crippen molar-refractivity contribution in [2.24, 2.45) is 7.05 Å². The minimum atomic E-state index is -0.408. The third-order valence-corrected chi connectivity index (χ3v) is 4.80. The number of aromatic nitrogens is 6. The summed E-state index contributed by atoms with van der Waals surface area (Å²) < 4.78 is 7.95. The molecule has 0 amide bonds. The molecule has 0 bridgehead atoms. The van der Waals surface area contributed by atoms with Crippen LogP contribution in [0.5, 0.6) is 5.88 Å². The third-order valence-electron chi connectivity index (χ3n) is 4.80. The Balaban J connectivity index is 1.56. The van der Waals surface area contributed by atoms with Gasteiger partial charge in [-0.1, -0.05) is 0 Å². The van der Waals surface area contributed by atoms with E-state index in [2.05, 4.69) is 20.3 Å². The van der Waals surface area contributed by atoms with Gasteiger partial charge in [0, 0.05) is 38.2 Å². The quantitative estimate of drug-likeness (QED) is 0.697. The molecule has 4 rings (SSSR count). The number of piperidine rings is 1. The average Bonchev–Trinajstić information content (AvgIpc) is 3.09. The molecule has 1 fully saturated rings. The maximum atomic E-state index is 11.8. The van der Waals surface area contributed by atoms with Crippen LogP contribution in [0, 0.1) is 0 Å². The van der Waals surface area contributed by atoms with E-state index in [1.54, 1.807) is 17.7 Å². The number of rotatable bonds is 3. The first-order chi connectivity index (χ1) is 12.6. The molecule has 0 spiro atoms. The SMILES string of the molecule is COc1ccc2nnc(C3CCN(c4cc(=O)n(C)c(=O)[nH]4)CC3)n2n1. The number of anilines is 1. The number of nitrogens with one attached hydrogen (secondary N) is 1. The van der Waals surface area contributed by atoms with Gasteiger partial charge in [0.25, 0.3) is 5.56 Å². The van der Waals surface area contributed by atoms with Crippen molar-refractivity contribution in [3.63, 3.8) is 0 Å². The van der Waals surface area contributed by atoms with Gasteiger partial charge in [-0.05, 0) is 18.9 Å². The van der Waals surface area contributed by atoms with Crippen molar-refractivity contribution < 1.29 is 4.74 Å². The smallest absolute Gasteiger partial charge is 0.329 e. The highest BCUT2D eigenvalue weighted by Gasteiger charge is 2.26. The first-order valence-corrected chi connectivity index (χ1v) is 8.38. The van der Waals surface area contributed by atoms with Gasteiger partial charge in [-0.25, -0.2) is 4.79 Å². The lowest BCUT2D eigenvalue weighted by molar-refractivity contribution is 0.386. The molecule has 3 aromatic heterocycles. The lowest BCUT2D eigenvalue weighted by Crippen LogP contribution is -2.39. The van der Waals surface area contributed by atoms with Crippen molar-refractivity contribution in [3.05, 3.63) is 44.9 Å². The van der Waals surface area contributed by atoms with Crippen LogP contribution in [0.4, 0.5) is 5.82 Å². The van der Waals surface area contributed by atoms with Crippen molar-refractivity contribution in [2.45, 2.75) is 18.8 Å². The van der Waals surface area contributed by atoms with Gasteiger partial charge in [0.15, 0.2) is 11.5 Å². The minimum absolute atomic E-state index is 0.194. The van der Waals surface area contributed by atoms with E-state index in [1.807, 2.05) is 11.0 Å². The Bertz CT molecular complexity index is 1030. The lowest BCUT2D eigenvalue weighted by Gasteiger charge is -2.32. The summed E-state index contributed by atoms with van der Waals surface area (Å²) in [7, 11) is 3.02. The normalized spacial score (nSPS) is 15.5. The molecule has 0 radical (unpaired) electrons. The number of nitrogens with zero attached hydrogens (tertiary/aromatic N) is 6. The van der Waals surface area contributed by atoms with Crippen LogP contribution in [0.1, 0.15) is 24.6 Å². The molecule has 1 aliphatic rings. The summed E-state index contributed by atoms with van der Waals surface area (Å²) in [6.45, 7) is 1.40. The first kappa shape index (κ1) is 16.3. The number of methoxy groups -OCH3 is 1. The van der Waals surface area contributed by atoms with Gasteiger partial charge < -0.3 is 9.64 Å². The van der Waals surface area contributed by atoms with Crippen molar-refractivity contribution in [1.82, 2.24) is 29.4 Å². The standard InChI is InChI=1S/C16H19N7O3/c1-21-14(24)9-12(17-16(21)25)22-7-5-10(6-8-22)15-19-18-11-3-4-13(26-2)20-23(11)15/h3-4,9-10H,5-8H2,1-2H3,(H,17,25). The van der Waals surface area contributed by atoms with Crippen LogP contribution in [0.15, 0.2) is 27.8 Å². The van der Waals surface area contributed by atoms with E-state index in [1.165, 1.54) is 13.1 Å². The van der Waals surface area contributed by atoms with Crippen LogP contribution in [-0.4, -0.2) is 49.6 Å². The molecule has 0 aliphatic carbocycles. The molecular weight excluding hydrogens is 338 g/mol. The molecule has 136 valence electrons. The van der Waals surface area contributed by atoms with E-state index < -0.39 is 5.69 Å². The number of fused-ring (bicyclic) bond motifs is 1. The highest BCUT2D eigenvalue weighted by atomic mass is 16.5. The minimum Gasteiger partial charge on any atom is -0.480 e. The molecule has 1 N–H and O–H groups in total. The number of H-pyrrole nitrogens is 1. The molecule has 26 heavy (non-hydrogen) atoms. The van der Waals surface area contributed by atoms with E-state index >= 15 is 0 Å². The fraction of sp³-hybridized carbons (Fsp3) is 0.438. The van der Waals surface area contributed by atoms with E-state index in [4.69, 9.17) is 4.74 Å². The molecule has 4 heterocycles. The molecule has 0 saturated carbocycles. The summed E-state index contributed by atoms with van der Waals surface area (Å²) in [4.78, 5) is 28.4. The summed E-state index contributed by atoms with van der Waals surface area (Å²) in [5, 5.41) is 12.9.